The molecule has 0 radical (unpaired) electrons. The van der Waals surface area contributed by atoms with Gasteiger partial charge in [-0.05, 0) is 18.2 Å². The van der Waals surface area contributed by atoms with E-state index in [2.05, 4.69) is 4.98 Å². The number of non-ortho nitro benzene ring substituents is 1. The van der Waals surface area contributed by atoms with Crippen LogP contribution in [0.3, 0.4) is 0 Å². The molecule has 3 aromatic carbocycles. The van der Waals surface area contributed by atoms with Crippen LogP contribution in [0.5, 0.6) is 5.75 Å². The predicted octanol–water partition coefficient (Wildman–Crippen LogP) is 4.31. The highest BCUT2D eigenvalue weighted by atomic mass is 16.6. The van der Waals surface area contributed by atoms with Gasteiger partial charge in [0.2, 0.25) is 0 Å². The molecular formula is C19H13N3O3. The third-order valence-electron chi connectivity index (χ3n) is 3.97. The van der Waals surface area contributed by atoms with E-state index in [1.807, 2.05) is 34.9 Å². The third kappa shape index (κ3) is 2.59. The normalized spacial score (nSPS) is 10.9. The van der Waals surface area contributed by atoms with E-state index < -0.39 is 4.92 Å². The highest BCUT2D eigenvalue weighted by molar-refractivity contribution is 5.84. The molecule has 4 aromatic rings. The van der Waals surface area contributed by atoms with Crippen LogP contribution in [-0.2, 0) is 0 Å². The van der Waals surface area contributed by atoms with Gasteiger partial charge in [-0.15, -0.1) is 0 Å². The second-order valence-corrected chi connectivity index (χ2v) is 5.59. The molecule has 122 valence electrons. The zero-order valence-electron chi connectivity index (χ0n) is 13.0. The Bertz CT molecular complexity index is 1090. The SMILES string of the molecule is O=[N+]([O-])c1cccc(-n2c(-c3ccccc3)nc3ccc(O)cc32)c1. The minimum absolute atomic E-state index is 0.00138. The van der Waals surface area contributed by atoms with E-state index in [1.165, 1.54) is 12.1 Å². The summed E-state index contributed by atoms with van der Waals surface area (Å²) in [5.41, 5.74) is 2.87. The molecule has 0 aliphatic carbocycles. The lowest BCUT2D eigenvalue weighted by molar-refractivity contribution is -0.384. The van der Waals surface area contributed by atoms with Gasteiger partial charge in [-0.3, -0.25) is 14.7 Å². The number of nitrogens with zero attached hydrogens (tertiary/aromatic N) is 3. The van der Waals surface area contributed by atoms with Crippen molar-refractivity contribution in [3.8, 4) is 22.8 Å². The Morgan fingerprint density at radius 3 is 2.52 bits per heavy atom. The summed E-state index contributed by atoms with van der Waals surface area (Å²) >= 11 is 0. The number of imidazole rings is 1. The Labute approximate surface area is 142 Å². The Morgan fingerprint density at radius 1 is 0.960 bits per heavy atom. The van der Waals surface area contributed by atoms with Crippen LogP contribution in [0.4, 0.5) is 5.69 Å². The van der Waals surface area contributed by atoms with E-state index in [1.54, 1.807) is 30.3 Å². The second kappa shape index (κ2) is 5.76. The molecule has 0 aliphatic rings. The third-order valence-corrected chi connectivity index (χ3v) is 3.97. The summed E-state index contributed by atoms with van der Waals surface area (Å²) in [6.45, 7) is 0. The first-order valence-electron chi connectivity index (χ1n) is 7.65. The topological polar surface area (TPSA) is 81.2 Å². The van der Waals surface area contributed by atoms with E-state index in [-0.39, 0.29) is 11.4 Å². The molecule has 6 heteroatoms. The Kier molecular flexibility index (Phi) is 3.43. The van der Waals surface area contributed by atoms with Crippen LogP contribution in [0.2, 0.25) is 0 Å². The number of nitro benzene ring substituents is 1. The fourth-order valence-corrected chi connectivity index (χ4v) is 2.85. The molecule has 0 spiro atoms. The van der Waals surface area contributed by atoms with Gasteiger partial charge in [0, 0.05) is 23.8 Å². The molecule has 0 saturated carbocycles. The van der Waals surface area contributed by atoms with Crippen LogP contribution < -0.4 is 0 Å². The molecule has 0 fully saturated rings. The van der Waals surface area contributed by atoms with Crippen molar-refractivity contribution in [2.24, 2.45) is 0 Å². The molecule has 0 saturated heterocycles. The lowest BCUT2D eigenvalue weighted by Crippen LogP contribution is -1.98. The lowest BCUT2D eigenvalue weighted by Gasteiger charge is -2.09. The highest BCUT2D eigenvalue weighted by Crippen LogP contribution is 2.31. The first kappa shape index (κ1) is 14.9. The average Bonchev–Trinajstić information content (AvgIpc) is 3.01. The summed E-state index contributed by atoms with van der Waals surface area (Å²) in [5.74, 6) is 0.764. The Morgan fingerprint density at radius 2 is 1.76 bits per heavy atom. The van der Waals surface area contributed by atoms with Crippen molar-refractivity contribution in [2.75, 3.05) is 0 Å². The largest absolute Gasteiger partial charge is 0.508 e. The van der Waals surface area contributed by atoms with Gasteiger partial charge in [-0.2, -0.15) is 0 Å². The van der Waals surface area contributed by atoms with Gasteiger partial charge < -0.3 is 5.11 Å². The summed E-state index contributed by atoms with van der Waals surface area (Å²) in [7, 11) is 0. The lowest BCUT2D eigenvalue weighted by atomic mass is 10.2. The van der Waals surface area contributed by atoms with Gasteiger partial charge in [0.25, 0.3) is 5.69 Å². The molecule has 0 bridgehead atoms. The van der Waals surface area contributed by atoms with Crippen molar-refractivity contribution in [1.82, 2.24) is 9.55 Å². The van der Waals surface area contributed by atoms with Crippen LogP contribution in [0.1, 0.15) is 0 Å². The fourth-order valence-electron chi connectivity index (χ4n) is 2.85. The van der Waals surface area contributed by atoms with Crippen molar-refractivity contribution >= 4 is 16.7 Å². The molecule has 0 atom stereocenters. The van der Waals surface area contributed by atoms with Crippen LogP contribution >= 0.6 is 0 Å². The summed E-state index contributed by atoms with van der Waals surface area (Å²) in [5, 5.41) is 21.0. The number of benzene rings is 3. The number of nitro groups is 1. The average molecular weight is 331 g/mol. The van der Waals surface area contributed by atoms with Gasteiger partial charge in [0.05, 0.1) is 21.6 Å². The van der Waals surface area contributed by atoms with Crippen LogP contribution in [0.25, 0.3) is 28.1 Å². The second-order valence-electron chi connectivity index (χ2n) is 5.59. The number of fused-ring (bicyclic) bond motifs is 1. The first-order valence-corrected chi connectivity index (χ1v) is 7.65. The van der Waals surface area contributed by atoms with Gasteiger partial charge in [-0.25, -0.2) is 4.98 Å². The minimum atomic E-state index is -0.428. The van der Waals surface area contributed by atoms with Crippen LogP contribution in [0, 0.1) is 10.1 Å². The van der Waals surface area contributed by atoms with Crippen molar-refractivity contribution in [1.29, 1.82) is 0 Å². The van der Waals surface area contributed by atoms with Crippen molar-refractivity contribution in [2.45, 2.75) is 0 Å². The quantitative estimate of drug-likeness (QED) is 0.448. The number of phenolic OH excluding ortho intramolecular Hbond substituents is 1. The monoisotopic (exact) mass is 331 g/mol. The first-order chi connectivity index (χ1) is 12.1. The van der Waals surface area contributed by atoms with Crippen molar-refractivity contribution in [3.05, 3.63) is 82.9 Å². The van der Waals surface area contributed by atoms with Gasteiger partial charge in [-0.1, -0.05) is 36.4 Å². The van der Waals surface area contributed by atoms with E-state index in [9.17, 15) is 15.2 Å². The number of hydrogen-bond acceptors (Lipinski definition) is 4. The Hall–Kier alpha value is -3.67. The van der Waals surface area contributed by atoms with Crippen LogP contribution in [0.15, 0.2) is 72.8 Å². The molecular weight excluding hydrogens is 318 g/mol. The number of aromatic hydroxyl groups is 1. The maximum absolute atomic E-state index is 11.1. The maximum atomic E-state index is 11.1. The Balaban J connectivity index is 2.05. The molecule has 1 N–H and O–H groups in total. The van der Waals surface area contributed by atoms with Gasteiger partial charge >= 0.3 is 0 Å². The molecule has 1 aromatic heterocycles. The van der Waals surface area contributed by atoms with Crippen molar-refractivity contribution in [3.63, 3.8) is 0 Å². The summed E-state index contributed by atoms with van der Waals surface area (Å²) < 4.78 is 1.82. The van der Waals surface area contributed by atoms with E-state index in [0.29, 0.717) is 22.5 Å². The van der Waals surface area contributed by atoms with Gasteiger partial charge in [0.15, 0.2) is 0 Å². The van der Waals surface area contributed by atoms with Crippen molar-refractivity contribution < 1.29 is 10.0 Å². The summed E-state index contributed by atoms with van der Waals surface area (Å²) in [6, 6.07) is 20.8. The smallest absolute Gasteiger partial charge is 0.271 e. The molecule has 4 rings (SSSR count). The van der Waals surface area contributed by atoms with Gasteiger partial charge in [0.1, 0.15) is 11.6 Å². The van der Waals surface area contributed by atoms with Crippen LogP contribution in [-0.4, -0.2) is 19.6 Å². The highest BCUT2D eigenvalue weighted by Gasteiger charge is 2.16. The molecule has 0 aliphatic heterocycles. The summed E-state index contributed by atoms with van der Waals surface area (Å²) in [6.07, 6.45) is 0. The maximum Gasteiger partial charge on any atom is 0.271 e. The fraction of sp³-hybridized carbons (Fsp3) is 0. The minimum Gasteiger partial charge on any atom is -0.508 e. The summed E-state index contributed by atoms with van der Waals surface area (Å²) in [4.78, 5) is 15.4. The zero-order chi connectivity index (χ0) is 17.4. The molecule has 0 unspecified atom stereocenters. The number of rotatable bonds is 3. The standard InChI is InChI=1S/C19H13N3O3/c23-16-9-10-17-18(12-16)21(14-7-4-8-15(11-14)22(24)25)19(20-17)13-5-2-1-3-6-13/h1-12,23H. The number of hydrogen-bond donors (Lipinski definition) is 1. The van der Waals surface area contributed by atoms with E-state index in [0.717, 1.165) is 5.56 Å². The number of aromatic nitrogens is 2. The molecule has 25 heavy (non-hydrogen) atoms. The molecule has 0 amide bonds. The molecule has 1 heterocycles. The zero-order valence-corrected chi connectivity index (χ0v) is 13.0. The predicted molar refractivity (Wildman–Crippen MR) is 94.8 cm³/mol. The van der Waals surface area contributed by atoms with E-state index >= 15 is 0 Å². The molecule has 6 nitrogen and oxygen atoms in total. The number of phenols is 1. The van der Waals surface area contributed by atoms with E-state index in [4.69, 9.17) is 0 Å².